The van der Waals surface area contributed by atoms with Crippen LogP contribution in [0, 0.1) is 0 Å². The van der Waals surface area contributed by atoms with Crippen LogP contribution in [0.5, 0.6) is 0 Å². The maximum Gasteiger partial charge on any atom is 0.0536 e. The summed E-state index contributed by atoms with van der Waals surface area (Å²) in [5.74, 6) is 0. The largest absolute Gasteiger partial charge is 0.0928 e. The minimum Gasteiger partial charge on any atom is -0.0928 e. The lowest BCUT2D eigenvalue weighted by molar-refractivity contribution is 0.799. The molecule has 0 aliphatic rings. The van der Waals surface area contributed by atoms with Crippen molar-refractivity contribution < 1.29 is 0 Å². The van der Waals surface area contributed by atoms with E-state index >= 15 is 0 Å². The molecule has 0 spiro atoms. The van der Waals surface area contributed by atoms with Gasteiger partial charge >= 0.3 is 0 Å². The van der Waals surface area contributed by atoms with E-state index in [-0.39, 0.29) is 0 Å². The summed E-state index contributed by atoms with van der Waals surface area (Å²) in [7, 11) is -0.914. The van der Waals surface area contributed by atoms with Crippen LogP contribution in [-0.4, -0.2) is 17.8 Å². The Morgan fingerprint density at radius 3 is 1.71 bits per heavy atom. The molecule has 104 valence electrons. The van der Waals surface area contributed by atoms with E-state index in [9.17, 15) is 0 Å². The molecule has 0 aliphatic carbocycles. The smallest absolute Gasteiger partial charge is 0.0536 e. The standard InChI is InChI=1S/C14H30BrISi/c1-3-5-11-17(12-6-4-2,13-7-9-15)14-8-10-16/h3-14H2,1-2H3. The number of alkyl halides is 2. The van der Waals surface area contributed by atoms with E-state index in [4.69, 9.17) is 0 Å². The van der Waals surface area contributed by atoms with E-state index in [1.807, 2.05) is 0 Å². The lowest BCUT2D eigenvalue weighted by Gasteiger charge is -2.32. The zero-order valence-electron chi connectivity index (χ0n) is 11.7. The highest BCUT2D eigenvalue weighted by atomic mass is 127. The average Bonchev–Trinajstić information content (AvgIpc) is 2.37. The highest BCUT2D eigenvalue weighted by molar-refractivity contribution is 14.1. The Bertz CT molecular complexity index is 127. The molecule has 0 heterocycles. The van der Waals surface area contributed by atoms with Gasteiger partial charge in [-0.3, -0.25) is 0 Å². The first-order chi connectivity index (χ1) is 8.24. The van der Waals surface area contributed by atoms with Crippen LogP contribution in [0.15, 0.2) is 0 Å². The summed E-state index contributed by atoms with van der Waals surface area (Å²) >= 11 is 6.18. The maximum absolute atomic E-state index is 3.63. The third kappa shape index (κ3) is 9.03. The van der Waals surface area contributed by atoms with Crippen LogP contribution >= 0.6 is 38.5 Å². The molecule has 0 unspecified atom stereocenters. The van der Waals surface area contributed by atoms with Crippen LogP contribution in [0.3, 0.4) is 0 Å². The van der Waals surface area contributed by atoms with Gasteiger partial charge in [-0.1, -0.05) is 102 Å². The van der Waals surface area contributed by atoms with Gasteiger partial charge in [0.2, 0.25) is 0 Å². The number of halogens is 2. The Balaban J connectivity index is 4.39. The first-order valence-corrected chi connectivity index (χ1v) is 12.8. The van der Waals surface area contributed by atoms with E-state index in [1.54, 1.807) is 24.2 Å². The Labute approximate surface area is 132 Å². The summed E-state index contributed by atoms with van der Waals surface area (Å²) in [6.07, 6.45) is 8.64. The minimum absolute atomic E-state index is 0.914. The Morgan fingerprint density at radius 2 is 1.29 bits per heavy atom. The molecule has 0 saturated heterocycles. The van der Waals surface area contributed by atoms with Gasteiger partial charge in [0.25, 0.3) is 0 Å². The zero-order valence-corrected chi connectivity index (χ0v) is 16.5. The Hall–Kier alpha value is 1.43. The minimum atomic E-state index is -0.914. The number of rotatable bonds is 12. The van der Waals surface area contributed by atoms with Crippen molar-refractivity contribution in [3.8, 4) is 0 Å². The fourth-order valence-corrected chi connectivity index (χ4v) is 10.2. The molecule has 0 radical (unpaired) electrons. The second-order valence-corrected chi connectivity index (χ2v) is 12.2. The average molecular weight is 433 g/mol. The van der Waals surface area contributed by atoms with E-state index < -0.39 is 8.07 Å². The number of hydrogen-bond donors (Lipinski definition) is 0. The van der Waals surface area contributed by atoms with Crippen molar-refractivity contribution in [1.29, 1.82) is 0 Å². The van der Waals surface area contributed by atoms with Crippen LogP contribution in [-0.2, 0) is 0 Å². The van der Waals surface area contributed by atoms with Crippen molar-refractivity contribution in [2.24, 2.45) is 0 Å². The lowest BCUT2D eigenvalue weighted by Crippen LogP contribution is -2.34. The monoisotopic (exact) mass is 432 g/mol. The molecule has 0 aliphatic heterocycles. The molecule has 3 heteroatoms. The van der Waals surface area contributed by atoms with E-state index in [1.165, 1.54) is 48.3 Å². The second-order valence-electron chi connectivity index (χ2n) is 5.29. The molecular weight excluding hydrogens is 403 g/mol. The molecule has 0 atom stereocenters. The van der Waals surface area contributed by atoms with Gasteiger partial charge in [-0.05, 0) is 17.3 Å². The Morgan fingerprint density at radius 1 is 0.824 bits per heavy atom. The molecule has 0 amide bonds. The van der Waals surface area contributed by atoms with Gasteiger partial charge in [-0.15, -0.1) is 0 Å². The first-order valence-electron chi connectivity index (χ1n) is 7.36. The molecule has 0 N–H and O–H groups in total. The SMILES string of the molecule is CCCC[Si](CCCC)(CCCBr)CCCI. The van der Waals surface area contributed by atoms with Crippen molar-refractivity contribution in [3.63, 3.8) is 0 Å². The topological polar surface area (TPSA) is 0 Å². The molecule has 0 bridgehead atoms. The van der Waals surface area contributed by atoms with Crippen LogP contribution < -0.4 is 0 Å². The van der Waals surface area contributed by atoms with E-state index in [2.05, 4.69) is 52.4 Å². The Kier molecular flexibility index (Phi) is 13.5. The summed E-state index contributed by atoms with van der Waals surface area (Å²) in [6, 6.07) is 6.39. The third-order valence-electron chi connectivity index (χ3n) is 3.80. The predicted octanol–water partition coefficient (Wildman–Crippen LogP) is 6.65. The molecule has 0 aromatic heterocycles. The third-order valence-corrected chi connectivity index (χ3v) is 10.8. The van der Waals surface area contributed by atoms with Gasteiger partial charge in [0, 0.05) is 5.33 Å². The zero-order chi connectivity index (χ0) is 13.0. The molecule has 0 aromatic rings. The van der Waals surface area contributed by atoms with Crippen molar-refractivity contribution in [2.75, 3.05) is 9.76 Å². The van der Waals surface area contributed by atoms with Crippen LogP contribution in [0.4, 0.5) is 0 Å². The highest BCUT2D eigenvalue weighted by Crippen LogP contribution is 2.33. The fraction of sp³-hybridized carbons (Fsp3) is 1.00. The van der Waals surface area contributed by atoms with Crippen molar-refractivity contribution >= 4 is 46.6 Å². The summed E-state index contributed by atoms with van der Waals surface area (Å²) in [5.41, 5.74) is 0. The van der Waals surface area contributed by atoms with Gasteiger partial charge in [0.15, 0.2) is 0 Å². The summed E-state index contributed by atoms with van der Waals surface area (Å²) in [5, 5.41) is 1.21. The quantitative estimate of drug-likeness (QED) is 0.184. The molecule has 0 fully saturated rings. The van der Waals surface area contributed by atoms with Crippen LogP contribution in [0.25, 0.3) is 0 Å². The number of unbranched alkanes of at least 4 members (excludes halogenated alkanes) is 2. The molecule has 0 rings (SSSR count). The lowest BCUT2D eigenvalue weighted by atomic mass is 10.4. The van der Waals surface area contributed by atoms with Gasteiger partial charge in [0.1, 0.15) is 0 Å². The van der Waals surface area contributed by atoms with Crippen LogP contribution in [0.2, 0.25) is 24.2 Å². The molecule has 0 aromatic carbocycles. The van der Waals surface area contributed by atoms with Crippen molar-refractivity contribution in [3.05, 3.63) is 0 Å². The molecule has 17 heavy (non-hydrogen) atoms. The van der Waals surface area contributed by atoms with Crippen LogP contribution in [0.1, 0.15) is 52.4 Å². The molecular formula is C14H30BrISi. The van der Waals surface area contributed by atoms with Crippen molar-refractivity contribution in [1.82, 2.24) is 0 Å². The second kappa shape index (κ2) is 12.5. The summed E-state index contributed by atoms with van der Waals surface area (Å²) in [4.78, 5) is 0. The predicted molar refractivity (Wildman–Crippen MR) is 96.7 cm³/mol. The van der Waals surface area contributed by atoms with Gasteiger partial charge in [-0.25, -0.2) is 0 Å². The summed E-state index contributed by atoms with van der Waals surface area (Å²) in [6.45, 7) is 4.70. The van der Waals surface area contributed by atoms with E-state index in [0.29, 0.717) is 0 Å². The summed E-state index contributed by atoms with van der Waals surface area (Å²) < 4.78 is 1.36. The van der Waals surface area contributed by atoms with Gasteiger partial charge < -0.3 is 0 Å². The highest BCUT2D eigenvalue weighted by Gasteiger charge is 2.29. The van der Waals surface area contributed by atoms with E-state index in [0.717, 1.165) is 0 Å². The normalized spacial score (nSPS) is 12.0. The van der Waals surface area contributed by atoms with Gasteiger partial charge in [-0.2, -0.15) is 0 Å². The maximum atomic E-state index is 3.63. The number of hydrogen-bond acceptors (Lipinski definition) is 0. The first kappa shape index (κ1) is 18.4. The molecule has 0 nitrogen and oxygen atoms in total. The fourth-order valence-electron chi connectivity index (χ4n) is 2.74. The van der Waals surface area contributed by atoms with Gasteiger partial charge in [0.05, 0.1) is 8.07 Å². The van der Waals surface area contributed by atoms with Crippen molar-refractivity contribution in [2.45, 2.75) is 76.5 Å². The molecule has 0 saturated carbocycles.